The summed E-state index contributed by atoms with van der Waals surface area (Å²) in [5.74, 6) is 1.84. The van der Waals surface area contributed by atoms with Crippen molar-refractivity contribution in [2.75, 3.05) is 28.4 Å². The highest BCUT2D eigenvalue weighted by atomic mass is 16.5. The van der Waals surface area contributed by atoms with Crippen LogP contribution in [0.15, 0.2) is 42.0 Å². The molecule has 0 spiro atoms. The van der Waals surface area contributed by atoms with E-state index >= 15 is 0 Å². The monoisotopic (exact) mass is 382 g/mol. The molecule has 0 aliphatic rings. The van der Waals surface area contributed by atoms with Gasteiger partial charge in [0.1, 0.15) is 34.6 Å². The minimum absolute atomic E-state index is 0.0565. The zero-order valence-electron chi connectivity index (χ0n) is 16.2. The number of benzene rings is 2. The van der Waals surface area contributed by atoms with Crippen molar-refractivity contribution in [3.63, 3.8) is 0 Å². The second kappa shape index (κ2) is 9.88. The van der Waals surface area contributed by atoms with Gasteiger partial charge < -0.3 is 24.3 Å². The standard InChI is InChI=1S/C21H22N2O5/c1-25-17-7-8-19(27-3)15(10-17)9-16(12-22)21(24)23-13-14-5-6-18(26-2)11-20(14)28-4/h5-11H,13H2,1-4H3,(H,23,24)/b16-9+. The molecule has 1 amide bonds. The lowest BCUT2D eigenvalue weighted by atomic mass is 10.1. The van der Waals surface area contributed by atoms with E-state index in [1.54, 1.807) is 43.5 Å². The van der Waals surface area contributed by atoms with Gasteiger partial charge in [0.25, 0.3) is 5.91 Å². The van der Waals surface area contributed by atoms with Crippen LogP contribution < -0.4 is 24.3 Å². The van der Waals surface area contributed by atoms with Gasteiger partial charge >= 0.3 is 0 Å². The number of nitriles is 1. The number of rotatable bonds is 8. The molecule has 0 atom stereocenters. The molecule has 0 aromatic heterocycles. The maximum Gasteiger partial charge on any atom is 0.262 e. The fourth-order valence-electron chi connectivity index (χ4n) is 2.52. The van der Waals surface area contributed by atoms with E-state index < -0.39 is 5.91 Å². The quantitative estimate of drug-likeness (QED) is 0.558. The summed E-state index contributed by atoms with van der Waals surface area (Å²) in [4.78, 5) is 12.5. The Morgan fingerprint density at radius 1 is 0.964 bits per heavy atom. The van der Waals surface area contributed by atoms with Gasteiger partial charge in [-0.15, -0.1) is 0 Å². The highest BCUT2D eigenvalue weighted by Gasteiger charge is 2.13. The van der Waals surface area contributed by atoms with E-state index in [9.17, 15) is 10.1 Å². The maximum atomic E-state index is 12.5. The molecule has 0 fully saturated rings. The Balaban J connectivity index is 2.21. The van der Waals surface area contributed by atoms with E-state index in [-0.39, 0.29) is 12.1 Å². The van der Waals surface area contributed by atoms with Gasteiger partial charge in [0, 0.05) is 23.7 Å². The summed E-state index contributed by atoms with van der Waals surface area (Å²) in [6.07, 6.45) is 1.46. The Kier molecular flexibility index (Phi) is 7.28. The molecule has 0 heterocycles. The summed E-state index contributed by atoms with van der Waals surface area (Å²) in [5.41, 5.74) is 1.27. The molecular weight excluding hydrogens is 360 g/mol. The van der Waals surface area contributed by atoms with E-state index in [1.165, 1.54) is 27.4 Å². The first-order valence-corrected chi connectivity index (χ1v) is 8.39. The Labute approximate surface area is 164 Å². The van der Waals surface area contributed by atoms with Crippen molar-refractivity contribution < 1.29 is 23.7 Å². The third kappa shape index (κ3) is 4.95. The Morgan fingerprint density at radius 3 is 2.21 bits per heavy atom. The van der Waals surface area contributed by atoms with Crippen LogP contribution in [0, 0.1) is 11.3 Å². The van der Waals surface area contributed by atoms with E-state index in [1.807, 2.05) is 6.07 Å². The molecule has 146 valence electrons. The second-order valence-electron chi connectivity index (χ2n) is 5.64. The topological polar surface area (TPSA) is 89.8 Å². The first kappa shape index (κ1) is 20.6. The predicted molar refractivity (Wildman–Crippen MR) is 105 cm³/mol. The smallest absolute Gasteiger partial charge is 0.262 e. The van der Waals surface area contributed by atoms with Crippen molar-refractivity contribution >= 4 is 12.0 Å². The number of carbonyl (C=O) groups excluding carboxylic acids is 1. The van der Waals surface area contributed by atoms with E-state index in [4.69, 9.17) is 18.9 Å². The number of hydrogen-bond acceptors (Lipinski definition) is 6. The molecule has 0 aliphatic heterocycles. The van der Waals surface area contributed by atoms with Crippen LogP contribution in [-0.2, 0) is 11.3 Å². The van der Waals surface area contributed by atoms with Crippen LogP contribution in [0.1, 0.15) is 11.1 Å². The van der Waals surface area contributed by atoms with Gasteiger partial charge in [-0.1, -0.05) is 0 Å². The number of ether oxygens (including phenoxy) is 4. The van der Waals surface area contributed by atoms with Crippen molar-refractivity contribution in [2.45, 2.75) is 6.54 Å². The SMILES string of the molecule is COc1ccc(OC)c(/C=C(\C#N)C(=O)NCc2ccc(OC)cc2OC)c1. The largest absolute Gasteiger partial charge is 0.497 e. The molecule has 0 unspecified atom stereocenters. The van der Waals surface area contributed by atoms with Gasteiger partial charge in [-0.25, -0.2) is 0 Å². The fraction of sp³-hybridized carbons (Fsp3) is 0.238. The van der Waals surface area contributed by atoms with Crippen LogP contribution >= 0.6 is 0 Å². The molecule has 0 saturated heterocycles. The summed E-state index contributed by atoms with van der Waals surface area (Å²) in [7, 11) is 6.15. The van der Waals surface area contributed by atoms with Gasteiger partial charge in [0.15, 0.2) is 0 Å². The van der Waals surface area contributed by atoms with Crippen molar-refractivity contribution in [3.8, 4) is 29.1 Å². The molecule has 2 rings (SSSR count). The van der Waals surface area contributed by atoms with Crippen LogP contribution in [0.3, 0.4) is 0 Å². The van der Waals surface area contributed by atoms with Crippen molar-refractivity contribution in [1.29, 1.82) is 5.26 Å². The van der Waals surface area contributed by atoms with E-state index in [0.717, 1.165) is 5.56 Å². The highest BCUT2D eigenvalue weighted by Crippen LogP contribution is 2.27. The second-order valence-corrected chi connectivity index (χ2v) is 5.64. The first-order valence-electron chi connectivity index (χ1n) is 8.39. The third-order valence-corrected chi connectivity index (χ3v) is 4.04. The van der Waals surface area contributed by atoms with Crippen LogP contribution in [0.5, 0.6) is 23.0 Å². The summed E-state index contributed by atoms with van der Waals surface area (Å²) in [6.45, 7) is 0.195. The predicted octanol–water partition coefficient (Wildman–Crippen LogP) is 2.94. The molecule has 28 heavy (non-hydrogen) atoms. The summed E-state index contributed by atoms with van der Waals surface area (Å²) in [5, 5.41) is 12.1. The Bertz CT molecular complexity index is 915. The number of carbonyl (C=O) groups is 1. The molecular formula is C21H22N2O5. The summed E-state index contributed by atoms with van der Waals surface area (Å²) in [6, 6.07) is 12.3. The fourth-order valence-corrected chi connectivity index (χ4v) is 2.52. The minimum Gasteiger partial charge on any atom is -0.497 e. The Hall–Kier alpha value is -3.66. The lowest BCUT2D eigenvalue weighted by molar-refractivity contribution is -0.117. The average Bonchev–Trinajstić information content (AvgIpc) is 2.75. The maximum absolute atomic E-state index is 12.5. The molecule has 7 heteroatoms. The average molecular weight is 382 g/mol. The lowest BCUT2D eigenvalue weighted by Gasteiger charge is -2.11. The normalized spacial score (nSPS) is 10.6. The number of methoxy groups -OCH3 is 4. The van der Waals surface area contributed by atoms with Crippen molar-refractivity contribution in [1.82, 2.24) is 5.32 Å². The zero-order valence-corrected chi connectivity index (χ0v) is 16.2. The summed E-state index contributed by atoms with van der Waals surface area (Å²) >= 11 is 0. The third-order valence-electron chi connectivity index (χ3n) is 4.04. The van der Waals surface area contributed by atoms with Gasteiger partial charge in [-0.05, 0) is 36.4 Å². The van der Waals surface area contributed by atoms with E-state index in [0.29, 0.717) is 28.6 Å². The van der Waals surface area contributed by atoms with Crippen molar-refractivity contribution in [3.05, 3.63) is 53.1 Å². The number of nitrogens with zero attached hydrogens (tertiary/aromatic N) is 1. The van der Waals surface area contributed by atoms with Gasteiger partial charge in [-0.3, -0.25) is 4.79 Å². The number of nitrogens with one attached hydrogen (secondary N) is 1. The number of hydrogen-bond donors (Lipinski definition) is 1. The Morgan fingerprint density at radius 2 is 1.61 bits per heavy atom. The van der Waals surface area contributed by atoms with Crippen molar-refractivity contribution in [2.24, 2.45) is 0 Å². The highest BCUT2D eigenvalue weighted by molar-refractivity contribution is 6.02. The summed E-state index contributed by atoms with van der Waals surface area (Å²) < 4.78 is 20.9. The zero-order chi connectivity index (χ0) is 20.5. The van der Waals surface area contributed by atoms with Gasteiger partial charge in [-0.2, -0.15) is 5.26 Å². The molecule has 0 saturated carbocycles. The minimum atomic E-state index is -0.509. The van der Waals surface area contributed by atoms with Crippen LogP contribution in [0.25, 0.3) is 6.08 Å². The van der Waals surface area contributed by atoms with Crippen LogP contribution in [0.2, 0.25) is 0 Å². The molecule has 2 aromatic carbocycles. The molecule has 7 nitrogen and oxygen atoms in total. The molecule has 0 bridgehead atoms. The molecule has 2 aromatic rings. The molecule has 1 N–H and O–H groups in total. The van der Waals surface area contributed by atoms with Crippen LogP contribution in [0.4, 0.5) is 0 Å². The van der Waals surface area contributed by atoms with E-state index in [2.05, 4.69) is 5.32 Å². The lowest BCUT2D eigenvalue weighted by Crippen LogP contribution is -2.24. The number of amides is 1. The molecule has 0 aliphatic carbocycles. The van der Waals surface area contributed by atoms with Gasteiger partial charge in [0.05, 0.1) is 28.4 Å². The molecule has 0 radical (unpaired) electrons. The first-order chi connectivity index (χ1) is 13.6. The van der Waals surface area contributed by atoms with Crippen LogP contribution in [-0.4, -0.2) is 34.3 Å². The van der Waals surface area contributed by atoms with Gasteiger partial charge in [0.2, 0.25) is 0 Å².